The molecule has 0 aromatic heterocycles. The first-order chi connectivity index (χ1) is 12.5. The van der Waals surface area contributed by atoms with Gasteiger partial charge < -0.3 is 14.4 Å². The van der Waals surface area contributed by atoms with E-state index in [1.807, 2.05) is 34.9 Å². The Morgan fingerprint density at radius 2 is 2.04 bits per heavy atom. The van der Waals surface area contributed by atoms with Gasteiger partial charge in [-0.25, -0.2) is 0 Å². The maximum absolute atomic E-state index is 12.7. The summed E-state index contributed by atoms with van der Waals surface area (Å²) in [6, 6.07) is 6.02. The first kappa shape index (κ1) is 18.3. The third-order valence-corrected chi connectivity index (χ3v) is 7.66. The summed E-state index contributed by atoms with van der Waals surface area (Å²) in [4.78, 5) is 14.7. The summed E-state index contributed by atoms with van der Waals surface area (Å²) in [5.74, 6) is 1.90. The van der Waals surface area contributed by atoms with Crippen LogP contribution >= 0.6 is 11.8 Å². The standard InChI is InChI=1S/C21H29NO3S/c1-15-3-4-18(9-16(15)2)20(23)22-13-21(14-22)10-19(12-26-21)25-11-17-5-7-24-8-6-17/h3-4,9,17,19H,5-8,10-14H2,1-2H3/t19-/m1/s1. The predicted molar refractivity (Wildman–Crippen MR) is 105 cm³/mol. The van der Waals surface area contributed by atoms with Crippen molar-refractivity contribution in [3.63, 3.8) is 0 Å². The van der Waals surface area contributed by atoms with E-state index in [1.165, 1.54) is 11.1 Å². The Bertz CT molecular complexity index is 665. The lowest BCUT2D eigenvalue weighted by atomic mass is 9.91. The number of carbonyl (C=O) groups is 1. The summed E-state index contributed by atoms with van der Waals surface area (Å²) < 4.78 is 11.9. The summed E-state index contributed by atoms with van der Waals surface area (Å²) >= 11 is 2.00. The van der Waals surface area contributed by atoms with Crippen molar-refractivity contribution in [2.24, 2.45) is 5.92 Å². The number of thioether (sulfide) groups is 1. The number of aryl methyl sites for hydroxylation is 2. The summed E-state index contributed by atoms with van der Waals surface area (Å²) in [7, 11) is 0. The second-order valence-electron chi connectivity index (χ2n) is 8.17. The maximum Gasteiger partial charge on any atom is 0.253 e. The normalized spacial score (nSPS) is 25.5. The van der Waals surface area contributed by atoms with Crippen LogP contribution in [0.3, 0.4) is 0 Å². The van der Waals surface area contributed by atoms with E-state index in [0.717, 1.165) is 63.5 Å². The van der Waals surface area contributed by atoms with Gasteiger partial charge in [-0.15, -0.1) is 11.8 Å². The molecule has 3 heterocycles. The molecule has 0 radical (unpaired) electrons. The highest BCUT2D eigenvalue weighted by atomic mass is 32.2. The molecule has 142 valence electrons. The number of ether oxygens (including phenoxy) is 2. The predicted octanol–water partition coefficient (Wildman–Crippen LogP) is 3.45. The fourth-order valence-electron chi connectivity index (χ4n) is 4.17. The lowest BCUT2D eigenvalue weighted by molar-refractivity contribution is -0.0118. The number of carbonyl (C=O) groups excluding carboxylic acids is 1. The Hall–Kier alpha value is -1.04. The quantitative estimate of drug-likeness (QED) is 0.808. The molecule has 3 aliphatic rings. The van der Waals surface area contributed by atoms with Gasteiger partial charge in [0, 0.05) is 44.2 Å². The summed E-state index contributed by atoms with van der Waals surface area (Å²) in [6.07, 6.45) is 3.69. The van der Waals surface area contributed by atoms with E-state index in [0.29, 0.717) is 12.0 Å². The van der Waals surface area contributed by atoms with Gasteiger partial charge in [0.15, 0.2) is 0 Å². The molecule has 0 aliphatic carbocycles. The molecule has 5 heteroatoms. The van der Waals surface area contributed by atoms with Gasteiger partial charge >= 0.3 is 0 Å². The van der Waals surface area contributed by atoms with Crippen LogP contribution in [0.2, 0.25) is 0 Å². The molecule has 3 fully saturated rings. The van der Waals surface area contributed by atoms with E-state index in [9.17, 15) is 4.79 Å². The highest BCUT2D eigenvalue weighted by Gasteiger charge is 2.51. The summed E-state index contributed by atoms with van der Waals surface area (Å²) in [5, 5.41) is 0. The van der Waals surface area contributed by atoms with Gasteiger partial charge in [0.25, 0.3) is 5.91 Å². The van der Waals surface area contributed by atoms with Gasteiger partial charge in [0.2, 0.25) is 0 Å². The molecule has 1 atom stereocenters. The molecular formula is C21H29NO3S. The van der Waals surface area contributed by atoms with Gasteiger partial charge in [-0.2, -0.15) is 0 Å². The number of hydrogen-bond donors (Lipinski definition) is 0. The molecule has 0 N–H and O–H groups in total. The minimum atomic E-state index is 0.172. The lowest BCUT2D eigenvalue weighted by Crippen LogP contribution is -2.60. The third kappa shape index (κ3) is 3.80. The molecular weight excluding hydrogens is 346 g/mol. The van der Waals surface area contributed by atoms with Crippen molar-refractivity contribution >= 4 is 17.7 Å². The van der Waals surface area contributed by atoms with Crippen molar-refractivity contribution in [2.75, 3.05) is 38.7 Å². The van der Waals surface area contributed by atoms with Crippen LogP contribution in [0.15, 0.2) is 18.2 Å². The van der Waals surface area contributed by atoms with E-state index in [1.54, 1.807) is 0 Å². The molecule has 3 aliphatic heterocycles. The number of benzene rings is 1. The lowest BCUT2D eigenvalue weighted by Gasteiger charge is -2.47. The molecule has 0 unspecified atom stereocenters. The molecule has 1 spiro atoms. The van der Waals surface area contributed by atoms with E-state index in [2.05, 4.69) is 13.8 Å². The van der Waals surface area contributed by atoms with Gasteiger partial charge in [0.1, 0.15) is 0 Å². The van der Waals surface area contributed by atoms with Crippen LogP contribution in [-0.2, 0) is 9.47 Å². The number of nitrogens with zero attached hydrogens (tertiary/aromatic N) is 1. The molecule has 0 saturated carbocycles. The maximum atomic E-state index is 12.7. The minimum absolute atomic E-state index is 0.172. The molecule has 1 aromatic rings. The Morgan fingerprint density at radius 3 is 2.77 bits per heavy atom. The van der Waals surface area contributed by atoms with Gasteiger partial charge in [-0.05, 0) is 62.3 Å². The highest BCUT2D eigenvalue weighted by Crippen LogP contribution is 2.46. The monoisotopic (exact) mass is 375 g/mol. The van der Waals surface area contributed by atoms with Crippen molar-refractivity contribution in [1.29, 1.82) is 0 Å². The second-order valence-corrected chi connectivity index (χ2v) is 9.66. The van der Waals surface area contributed by atoms with E-state index >= 15 is 0 Å². The highest BCUT2D eigenvalue weighted by molar-refractivity contribution is 8.01. The van der Waals surface area contributed by atoms with E-state index in [4.69, 9.17) is 9.47 Å². The second kappa shape index (κ2) is 7.53. The van der Waals surface area contributed by atoms with Gasteiger partial charge in [-0.3, -0.25) is 4.79 Å². The number of rotatable bonds is 4. The molecule has 26 heavy (non-hydrogen) atoms. The zero-order chi connectivity index (χ0) is 18.1. The van der Waals surface area contributed by atoms with Gasteiger partial charge in [-0.1, -0.05) is 6.07 Å². The molecule has 4 nitrogen and oxygen atoms in total. The van der Waals surface area contributed by atoms with Crippen LogP contribution in [0.1, 0.15) is 40.7 Å². The average Bonchev–Trinajstić information content (AvgIpc) is 3.06. The van der Waals surface area contributed by atoms with Crippen LogP contribution in [0.4, 0.5) is 0 Å². The van der Waals surface area contributed by atoms with Crippen molar-refractivity contribution in [3.8, 4) is 0 Å². The van der Waals surface area contributed by atoms with Crippen molar-refractivity contribution in [2.45, 2.75) is 44.0 Å². The number of hydrogen-bond acceptors (Lipinski definition) is 4. The van der Waals surface area contributed by atoms with Crippen LogP contribution in [0.25, 0.3) is 0 Å². The SMILES string of the molecule is Cc1ccc(C(=O)N2CC3(C[C@@H](OCC4CCOCC4)CS3)C2)cc1C. The van der Waals surface area contributed by atoms with Crippen molar-refractivity contribution in [1.82, 2.24) is 4.90 Å². The van der Waals surface area contributed by atoms with E-state index in [-0.39, 0.29) is 10.7 Å². The number of likely N-dealkylation sites (tertiary alicyclic amines) is 1. The molecule has 3 saturated heterocycles. The number of amides is 1. The zero-order valence-electron chi connectivity index (χ0n) is 15.8. The minimum Gasteiger partial charge on any atom is -0.381 e. The van der Waals surface area contributed by atoms with Crippen molar-refractivity contribution in [3.05, 3.63) is 34.9 Å². The van der Waals surface area contributed by atoms with Crippen LogP contribution in [0, 0.1) is 19.8 Å². The molecule has 4 rings (SSSR count). The fourth-order valence-corrected chi connectivity index (χ4v) is 5.72. The first-order valence-corrected chi connectivity index (χ1v) is 10.7. The summed E-state index contributed by atoms with van der Waals surface area (Å²) in [5.41, 5.74) is 3.23. The zero-order valence-corrected chi connectivity index (χ0v) is 16.6. The molecule has 1 amide bonds. The topological polar surface area (TPSA) is 38.8 Å². The van der Waals surface area contributed by atoms with Crippen LogP contribution in [-0.4, -0.2) is 60.3 Å². The van der Waals surface area contributed by atoms with Crippen LogP contribution < -0.4 is 0 Å². The van der Waals surface area contributed by atoms with Crippen LogP contribution in [0.5, 0.6) is 0 Å². The fraction of sp³-hybridized carbons (Fsp3) is 0.667. The molecule has 1 aromatic carbocycles. The molecule has 0 bridgehead atoms. The third-order valence-electron chi connectivity index (χ3n) is 6.08. The first-order valence-electron chi connectivity index (χ1n) is 9.74. The van der Waals surface area contributed by atoms with E-state index < -0.39 is 0 Å². The Kier molecular flexibility index (Phi) is 5.31. The Balaban J connectivity index is 1.26. The van der Waals surface area contributed by atoms with Crippen molar-refractivity contribution < 1.29 is 14.3 Å². The average molecular weight is 376 g/mol. The Labute approximate surface area is 160 Å². The Morgan fingerprint density at radius 1 is 1.27 bits per heavy atom. The van der Waals surface area contributed by atoms with Gasteiger partial charge in [0.05, 0.1) is 10.9 Å². The smallest absolute Gasteiger partial charge is 0.253 e. The largest absolute Gasteiger partial charge is 0.381 e. The summed E-state index contributed by atoms with van der Waals surface area (Å²) in [6.45, 7) is 8.51.